The Kier molecular flexibility index (Phi) is 42.3. The van der Waals surface area contributed by atoms with Gasteiger partial charge in [0.15, 0.2) is 0 Å². The van der Waals surface area contributed by atoms with Gasteiger partial charge in [-0.3, -0.25) is 0 Å². The number of aryl methyl sites for hydroxylation is 8. The van der Waals surface area contributed by atoms with Crippen molar-refractivity contribution in [3.63, 3.8) is 0 Å². The molecule has 0 atom stereocenters. The zero-order chi connectivity index (χ0) is 103. The number of thiophene rings is 4. The van der Waals surface area contributed by atoms with E-state index >= 15 is 0 Å². The molecule has 0 N–H and O–H groups in total. The highest BCUT2D eigenvalue weighted by Gasteiger charge is 2.32. The predicted octanol–water partition coefficient (Wildman–Crippen LogP) is 47.6. The third kappa shape index (κ3) is 28.5. The second-order valence-corrected chi connectivity index (χ2v) is 47.4. The fraction of sp³-hybridized carbons (Fsp3) is 0.361. The molecule has 18 rings (SSSR count). The Hall–Kier alpha value is -11.5. The molecule has 0 aliphatic rings. The quantitative estimate of drug-likeness (QED) is 0.0351. The number of anilines is 6. The maximum Gasteiger partial charge on any atom is 0.0467 e. The molecule has 0 spiro atoms. The average molecular weight is 2050 g/mol. The highest BCUT2D eigenvalue weighted by atomic mass is 32.1. The lowest BCUT2D eigenvalue weighted by atomic mass is 9.88. The van der Waals surface area contributed by atoms with Gasteiger partial charge in [0.2, 0.25) is 0 Å². The van der Waals surface area contributed by atoms with Gasteiger partial charge >= 0.3 is 0 Å². The van der Waals surface area contributed by atoms with E-state index < -0.39 is 0 Å². The molecule has 0 fully saturated rings. The van der Waals surface area contributed by atoms with Crippen LogP contribution in [0.3, 0.4) is 0 Å². The van der Waals surface area contributed by atoms with Crippen molar-refractivity contribution in [3.8, 4) is 87.6 Å². The maximum atomic E-state index is 2.43. The van der Waals surface area contributed by atoms with Gasteiger partial charge < -0.3 is 9.80 Å². The SMILES string of the molecule is CCCCCCCCCCCCc1c2sc(-c3ccc(N(c4ccc(C)cc4)c4cccc(-c5ccccc5)c4)cc3)c(-c3ccccc3)c2c(CCCCCCCCCCCC)c2sc(C)c(-c3ccccc3)c12.CCCCCCCCCCCCc1c2sc(-c3ccc(N(c4ccc(C)cc4)c4cccc(-c5ccccc5)c4)cc3)c(-c3ccccc3)c2c(CCCCCCCCCCCC)c2sc(C)c(-c3ccccc3)c12. The average Bonchev–Trinajstić information content (AvgIpc) is 1.56. The molecule has 4 heterocycles. The van der Waals surface area contributed by atoms with Gasteiger partial charge in [-0.2, -0.15) is 0 Å². The first-order valence-electron chi connectivity index (χ1n) is 58.6. The summed E-state index contributed by atoms with van der Waals surface area (Å²) in [6, 6.07) is 122. The van der Waals surface area contributed by atoms with Crippen molar-refractivity contribution in [2.24, 2.45) is 0 Å². The molecule has 2 nitrogen and oxygen atoms in total. The third-order valence-electron chi connectivity index (χ3n) is 31.4. The molecule has 0 amide bonds. The zero-order valence-corrected chi connectivity index (χ0v) is 95.1. The van der Waals surface area contributed by atoms with E-state index in [1.165, 1.54) is 386 Å². The molecule has 6 heteroatoms. The van der Waals surface area contributed by atoms with Gasteiger partial charge in [0, 0.05) is 116 Å². The molecule has 0 unspecified atom stereocenters. The molecular formula is C144H166N2S4. The molecule has 776 valence electrons. The van der Waals surface area contributed by atoms with Crippen LogP contribution < -0.4 is 9.80 Å². The molecule has 14 aromatic carbocycles. The van der Waals surface area contributed by atoms with Crippen LogP contribution in [-0.2, 0) is 25.7 Å². The Morgan fingerprint density at radius 1 is 0.167 bits per heavy atom. The Balaban J connectivity index is 0.000000204. The summed E-state index contributed by atoms with van der Waals surface area (Å²) in [5.74, 6) is 0. The largest absolute Gasteiger partial charge is 0.310 e. The van der Waals surface area contributed by atoms with Crippen LogP contribution in [0.1, 0.15) is 328 Å². The normalized spacial score (nSPS) is 11.6. The molecule has 0 bridgehead atoms. The summed E-state index contributed by atoms with van der Waals surface area (Å²) in [7, 11) is 0. The lowest BCUT2D eigenvalue weighted by Crippen LogP contribution is -2.10. The monoisotopic (exact) mass is 2050 g/mol. The summed E-state index contributed by atoms with van der Waals surface area (Å²) < 4.78 is 6.13. The van der Waals surface area contributed by atoms with Crippen LogP contribution in [-0.4, -0.2) is 0 Å². The lowest BCUT2D eigenvalue weighted by molar-refractivity contribution is 0.556. The number of rotatable bonds is 58. The van der Waals surface area contributed by atoms with Crippen molar-refractivity contribution in [3.05, 3.63) is 371 Å². The summed E-state index contributed by atoms with van der Waals surface area (Å²) in [4.78, 5) is 10.5. The Labute approximate surface area is 918 Å². The molecule has 150 heavy (non-hydrogen) atoms. The number of hydrogen-bond donors (Lipinski definition) is 0. The molecule has 4 aromatic heterocycles. The number of unbranched alkanes of at least 4 members (excludes halogenated alkanes) is 36. The van der Waals surface area contributed by atoms with Gasteiger partial charge in [0.05, 0.1) is 0 Å². The van der Waals surface area contributed by atoms with Gasteiger partial charge in [-0.05, 0) is 230 Å². The smallest absolute Gasteiger partial charge is 0.0467 e. The van der Waals surface area contributed by atoms with Crippen molar-refractivity contribution in [1.82, 2.24) is 0 Å². The van der Waals surface area contributed by atoms with Crippen molar-refractivity contribution in [2.45, 2.75) is 338 Å². The number of hydrogen-bond acceptors (Lipinski definition) is 6. The fourth-order valence-corrected chi connectivity index (χ4v) is 28.7. The summed E-state index contributed by atoms with van der Waals surface area (Å²) in [6.07, 6.45) is 58.3. The van der Waals surface area contributed by atoms with Crippen molar-refractivity contribution in [1.29, 1.82) is 0 Å². The Morgan fingerprint density at radius 2 is 0.373 bits per heavy atom. The summed E-state index contributed by atoms with van der Waals surface area (Å²) >= 11 is 8.32. The molecule has 0 aliphatic carbocycles. The van der Waals surface area contributed by atoms with Crippen LogP contribution in [0.2, 0.25) is 0 Å². The number of benzene rings is 14. The Bertz CT molecular complexity index is 6630. The molecule has 0 saturated heterocycles. The van der Waals surface area contributed by atoms with Gasteiger partial charge in [-0.1, -0.05) is 525 Å². The number of nitrogens with zero attached hydrogens (tertiary/aromatic N) is 2. The van der Waals surface area contributed by atoms with Crippen molar-refractivity contribution >= 4 is 120 Å². The van der Waals surface area contributed by atoms with Gasteiger partial charge in [0.1, 0.15) is 0 Å². The van der Waals surface area contributed by atoms with Gasteiger partial charge in [-0.15, -0.1) is 45.3 Å². The minimum Gasteiger partial charge on any atom is -0.310 e. The van der Waals surface area contributed by atoms with Crippen LogP contribution >= 0.6 is 45.3 Å². The van der Waals surface area contributed by atoms with E-state index in [4.69, 9.17) is 0 Å². The van der Waals surface area contributed by atoms with E-state index in [2.05, 4.69) is 438 Å². The molecule has 0 aliphatic heterocycles. The van der Waals surface area contributed by atoms with Crippen LogP contribution in [0.15, 0.2) is 328 Å². The second-order valence-electron chi connectivity index (χ2n) is 42.9. The molecular weight excluding hydrogens is 1890 g/mol. The minimum absolute atomic E-state index is 1.11. The molecule has 0 radical (unpaired) electrons. The predicted molar refractivity (Wildman–Crippen MR) is 668 cm³/mol. The third-order valence-corrected chi connectivity index (χ3v) is 36.4. The molecule has 18 aromatic rings. The number of fused-ring (bicyclic) bond motifs is 4. The van der Waals surface area contributed by atoms with Crippen LogP contribution in [0.25, 0.3) is 128 Å². The summed E-state index contributed by atoms with van der Waals surface area (Å²) in [5, 5.41) is 6.14. The fourth-order valence-electron chi connectivity index (χ4n) is 23.3. The minimum atomic E-state index is 1.11. The van der Waals surface area contributed by atoms with E-state index in [0.29, 0.717) is 0 Å². The van der Waals surface area contributed by atoms with E-state index in [-0.39, 0.29) is 0 Å². The van der Waals surface area contributed by atoms with E-state index in [1.807, 2.05) is 0 Å². The highest BCUT2D eigenvalue weighted by molar-refractivity contribution is 7.25. The topological polar surface area (TPSA) is 6.48 Å². The second kappa shape index (κ2) is 57.8. The van der Waals surface area contributed by atoms with Crippen molar-refractivity contribution in [2.75, 3.05) is 9.80 Å². The van der Waals surface area contributed by atoms with Gasteiger partial charge in [-0.25, -0.2) is 0 Å². The van der Waals surface area contributed by atoms with E-state index in [0.717, 1.165) is 59.8 Å². The summed E-state index contributed by atoms with van der Waals surface area (Å²) in [5.41, 5.74) is 34.4. The molecule has 0 saturated carbocycles. The van der Waals surface area contributed by atoms with E-state index in [1.54, 1.807) is 42.4 Å². The van der Waals surface area contributed by atoms with Crippen LogP contribution in [0, 0.1) is 27.7 Å². The van der Waals surface area contributed by atoms with Crippen molar-refractivity contribution < 1.29 is 0 Å². The zero-order valence-electron chi connectivity index (χ0n) is 91.8. The van der Waals surface area contributed by atoms with Gasteiger partial charge in [0.25, 0.3) is 0 Å². The first-order valence-corrected chi connectivity index (χ1v) is 61.9. The standard InChI is InChI=1S/2C72H83NS2/c2*1-5-7-9-11-13-15-17-19-21-32-43-64-68-66(57-37-28-24-29-38-57)55(4)74-71(68)65(44-33-22-20-18-16-14-12-10-8-6-2)69-67(58-39-30-25-31-40-58)70(75-72(64)69)59-47-51-62(52-48-59)73(61-49-45-54(3)46-50-61)63-42-34-41-60(53-63)56-35-26-23-27-36-56/h2*23-31,34-42,45-53H,5-22,32-33,43-44H2,1-4H3. The van der Waals surface area contributed by atoms with Crippen LogP contribution in [0.5, 0.6) is 0 Å². The maximum absolute atomic E-state index is 2.43. The van der Waals surface area contributed by atoms with Crippen LogP contribution in [0.4, 0.5) is 34.1 Å². The first kappa shape index (κ1) is 110. The highest BCUT2D eigenvalue weighted by Crippen LogP contribution is 2.58. The Morgan fingerprint density at radius 3 is 0.627 bits per heavy atom. The summed E-state index contributed by atoms with van der Waals surface area (Å²) in [6.45, 7) is 18.4. The lowest BCUT2D eigenvalue weighted by Gasteiger charge is -2.26. The van der Waals surface area contributed by atoms with E-state index in [9.17, 15) is 0 Å². The first-order chi connectivity index (χ1) is 74.1.